The number of aliphatic hydroxyl groups is 1. The van der Waals surface area contributed by atoms with E-state index in [2.05, 4.69) is 4.72 Å². The number of nitrogens with zero attached hydrogens (tertiary/aromatic N) is 1. The quantitative estimate of drug-likeness (QED) is 0.629. The van der Waals surface area contributed by atoms with Crippen molar-refractivity contribution in [2.75, 3.05) is 13.1 Å². The molecule has 1 aromatic rings. The van der Waals surface area contributed by atoms with Crippen LogP contribution in [0.3, 0.4) is 0 Å². The summed E-state index contributed by atoms with van der Waals surface area (Å²) >= 11 is 0. The summed E-state index contributed by atoms with van der Waals surface area (Å²) in [4.78, 5) is 10.7. The van der Waals surface area contributed by atoms with Gasteiger partial charge in [0.05, 0.1) is 0 Å². The van der Waals surface area contributed by atoms with Crippen molar-refractivity contribution in [3.8, 4) is 0 Å². The lowest BCUT2D eigenvalue weighted by Crippen LogP contribution is -2.47. The van der Waals surface area contributed by atoms with Gasteiger partial charge in [-0.3, -0.25) is 4.79 Å². The molecule has 0 radical (unpaired) electrons. The van der Waals surface area contributed by atoms with Crippen LogP contribution in [0.5, 0.6) is 0 Å². The van der Waals surface area contributed by atoms with Crippen LogP contribution >= 0.6 is 0 Å². The number of nitrogens with two attached hydrogens (primary N) is 1. The van der Waals surface area contributed by atoms with Crippen LogP contribution in [0.25, 0.3) is 0 Å². The number of primary amides is 1. The summed E-state index contributed by atoms with van der Waals surface area (Å²) in [6.45, 7) is 0.215. The molecule has 1 atom stereocenters. The zero-order valence-corrected chi connectivity index (χ0v) is 11.6. The third-order valence-electron chi connectivity index (χ3n) is 3.22. The molecular weight excluding hydrogens is 282 g/mol. The maximum atomic E-state index is 12.1. The average molecular weight is 299 g/mol. The van der Waals surface area contributed by atoms with Crippen molar-refractivity contribution in [2.45, 2.75) is 19.1 Å². The number of amides is 1. The zero-order chi connectivity index (χ0) is 14.8. The lowest BCUT2D eigenvalue weighted by Gasteiger charge is -2.28. The molecule has 1 unspecified atom stereocenters. The lowest BCUT2D eigenvalue weighted by atomic mass is 10.0. The molecule has 110 valence electrons. The third kappa shape index (κ3) is 3.34. The summed E-state index contributed by atoms with van der Waals surface area (Å²) in [7, 11) is -3.74. The Morgan fingerprint density at radius 2 is 2.05 bits per heavy atom. The predicted molar refractivity (Wildman–Crippen MR) is 72.7 cm³/mol. The standard InChI is InChI=1S/C12H17N3O4S/c13-12(17)11(16)7-14-20(18,19)15-6-5-9-3-1-2-4-10(9)8-15/h1-4,11,14,16H,5-8H2,(H2,13,17). The van der Waals surface area contributed by atoms with Crippen LogP contribution in [-0.2, 0) is 28.0 Å². The number of fused-ring (bicyclic) bond motifs is 1. The van der Waals surface area contributed by atoms with Gasteiger partial charge in [0.25, 0.3) is 10.2 Å². The molecule has 1 aliphatic heterocycles. The number of rotatable bonds is 5. The van der Waals surface area contributed by atoms with Crippen LogP contribution in [-0.4, -0.2) is 42.9 Å². The molecular formula is C12H17N3O4S. The molecule has 2 rings (SSSR count). The fourth-order valence-corrected chi connectivity index (χ4v) is 3.24. The number of hydrogen-bond acceptors (Lipinski definition) is 4. The molecule has 0 aromatic heterocycles. The molecule has 8 heteroatoms. The van der Waals surface area contributed by atoms with Gasteiger partial charge < -0.3 is 10.8 Å². The molecule has 0 spiro atoms. The Labute approximate surface area is 117 Å². The van der Waals surface area contributed by atoms with Gasteiger partial charge in [0.2, 0.25) is 5.91 Å². The van der Waals surface area contributed by atoms with Crippen LogP contribution in [0, 0.1) is 0 Å². The van der Waals surface area contributed by atoms with E-state index in [9.17, 15) is 18.3 Å². The molecule has 0 aliphatic carbocycles. The summed E-state index contributed by atoms with van der Waals surface area (Å²) in [5, 5.41) is 9.23. The molecule has 1 heterocycles. The zero-order valence-electron chi connectivity index (χ0n) is 10.8. The maximum absolute atomic E-state index is 12.1. The molecule has 0 saturated heterocycles. The topological polar surface area (TPSA) is 113 Å². The summed E-state index contributed by atoms with van der Waals surface area (Å²) in [6.07, 6.45) is -0.892. The highest BCUT2D eigenvalue weighted by Gasteiger charge is 2.27. The van der Waals surface area contributed by atoms with Crippen molar-refractivity contribution in [3.63, 3.8) is 0 Å². The van der Waals surface area contributed by atoms with E-state index in [0.717, 1.165) is 11.1 Å². The second kappa shape index (κ2) is 5.88. The largest absolute Gasteiger partial charge is 0.382 e. The first kappa shape index (κ1) is 14.9. The Morgan fingerprint density at radius 3 is 2.70 bits per heavy atom. The number of nitrogens with one attached hydrogen (secondary N) is 1. The Kier molecular flexibility index (Phi) is 4.39. The first-order valence-corrected chi connectivity index (χ1v) is 7.63. The molecule has 1 amide bonds. The Balaban J connectivity index is 2.03. The molecule has 0 saturated carbocycles. The molecule has 1 aromatic carbocycles. The minimum absolute atomic E-state index is 0.276. The molecule has 7 nitrogen and oxygen atoms in total. The smallest absolute Gasteiger partial charge is 0.279 e. The Bertz CT molecular complexity index is 602. The number of carbonyl (C=O) groups excluding carboxylic acids is 1. The van der Waals surface area contributed by atoms with Gasteiger partial charge in [-0.15, -0.1) is 0 Å². The van der Waals surface area contributed by atoms with E-state index in [1.54, 1.807) is 0 Å². The van der Waals surface area contributed by atoms with Crippen molar-refractivity contribution in [2.24, 2.45) is 5.73 Å². The SMILES string of the molecule is NC(=O)C(O)CNS(=O)(=O)N1CCc2ccccc2C1. The number of aliphatic hydroxyl groups excluding tert-OH is 1. The van der Waals surface area contributed by atoms with Crippen LogP contribution < -0.4 is 10.5 Å². The predicted octanol–water partition coefficient (Wildman–Crippen LogP) is -1.27. The molecule has 1 aliphatic rings. The number of benzene rings is 1. The fraction of sp³-hybridized carbons (Fsp3) is 0.417. The second-order valence-electron chi connectivity index (χ2n) is 4.62. The highest BCUT2D eigenvalue weighted by molar-refractivity contribution is 7.87. The highest BCUT2D eigenvalue weighted by atomic mass is 32.2. The van der Waals surface area contributed by atoms with Crippen molar-refractivity contribution in [3.05, 3.63) is 35.4 Å². The van der Waals surface area contributed by atoms with Crippen molar-refractivity contribution in [1.82, 2.24) is 9.03 Å². The van der Waals surface area contributed by atoms with Gasteiger partial charge in [-0.2, -0.15) is 17.4 Å². The molecule has 4 N–H and O–H groups in total. The first-order valence-electron chi connectivity index (χ1n) is 6.19. The molecule has 20 heavy (non-hydrogen) atoms. The van der Waals surface area contributed by atoms with Crippen molar-refractivity contribution in [1.29, 1.82) is 0 Å². The van der Waals surface area contributed by atoms with Crippen LogP contribution in [0.2, 0.25) is 0 Å². The van der Waals surface area contributed by atoms with Crippen LogP contribution in [0.1, 0.15) is 11.1 Å². The van der Waals surface area contributed by atoms with Crippen LogP contribution in [0.4, 0.5) is 0 Å². The van der Waals surface area contributed by atoms with E-state index in [1.807, 2.05) is 24.3 Å². The van der Waals surface area contributed by atoms with E-state index in [-0.39, 0.29) is 6.54 Å². The normalized spacial score (nSPS) is 17.4. The van der Waals surface area contributed by atoms with E-state index in [1.165, 1.54) is 4.31 Å². The minimum atomic E-state index is -3.74. The van der Waals surface area contributed by atoms with E-state index < -0.39 is 28.8 Å². The van der Waals surface area contributed by atoms with E-state index in [0.29, 0.717) is 13.0 Å². The second-order valence-corrected chi connectivity index (χ2v) is 6.38. The summed E-state index contributed by atoms with van der Waals surface area (Å²) < 4.78 is 27.6. The highest BCUT2D eigenvalue weighted by Crippen LogP contribution is 2.20. The van der Waals surface area contributed by atoms with Crippen molar-refractivity contribution < 1.29 is 18.3 Å². The van der Waals surface area contributed by atoms with Gasteiger partial charge in [0.15, 0.2) is 0 Å². The summed E-state index contributed by atoms with van der Waals surface area (Å²) in [6, 6.07) is 7.64. The molecule has 0 fully saturated rings. The fourth-order valence-electron chi connectivity index (χ4n) is 2.05. The number of carbonyl (C=O) groups is 1. The van der Waals surface area contributed by atoms with Gasteiger partial charge in [-0.25, -0.2) is 0 Å². The number of hydrogen-bond donors (Lipinski definition) is 3. The summed E-state index contributed by atoms with van der Waals surface area (Å²) in [5.41, 5.74) is 6.96. The van der Waals surface area contributed by atoms with Gasteiger partial charge in [0.1, 0.15) is 6.10 Å². The monoisotopic (exact) mass is 299 g/mol. The minimum Gasteiger partial charge on any atom is -0.382 e. The summed E-state index contributed by atoms with van der Waals surface area (Å²) in [5.74, 6) is -0.961. The van der Waals surface area contributed by atoms with Crippen LogP contribution in [0.15, 0.2) is 24.3 Å². The van der Waals surface area contributed by atoms with Gasteiger partial charge in [-0.1, -0.05) is 24.3 Å². The Hall–Kier alpha value is -1.48. The Morgan fingerprint density at radius 1 is 1.40 bits per heavy atom. The van der Waals surface area contributed by atoms with Gasteiger partial charge in [-0.05, 0) is 17.5 Å². The third-order valence-corrected chi connectivity index (χ3v) is 4.75. The maximum Gasteiger partial charge on any atom is 0.279 e. The van der Waals surface area contributed by atoms with Gasteiger partial charge in [0, 0.05) is 19.6 Å². The van der Waals surface area contributed by atoms with E-state index >= 15 is 0 Å². The first-order chi connectivity index (χ1) is 9.40. The van der Waals surface area contributed by atoms with Gasteiger partial charge >= 0.3 is 0 Å². The lowest BCUT2D eigenvalue weighted by molar-refractivity contribution is -0.125. The molecule has 0 bridgehead atoms. The van der Waals surface area contributed by atoms with E-state index in [4.69, 9.17) is 5.73 Å². The average Bonchev–Trinajstić information content (AvgIpc) is 2.44. The van der Waals surface area contributed by atoms with Crippen molar-refractivity contribution >= 4 is 16.1 Å².